The summed E-state index contributed by atoms with van der Waals surface area (Å²) < 4.78 is 5.20. The molecule has 0 saturated carbocycles. The first-order chi connectivity index (χ1) is 7.58. The smallest absolute Gasteiger partial charge is 0.371 e. The Bertz CT molecular complexity index is 385. The van der Waals surface area contributed by atoms with E-state index in [-0.39, 0.29) is 17.8 Å². The molecule has 1 aromatic heterocycles. The van der Waals surface area contributed by atoms with Crippen LogP contribution in [0.2, 0.25) is 0 Å². The summed E-state index contributed by atoms with van der Waals surface area (Å²) in [6.07, 6.45) is 0.569. The molecule has 1 aliphatic heterocycles. The zero-order valence-electron chi connectivity index (χ0n) is 9.09. The molecule has 0 aromatic carbocycles. The third-order valence-electron chi connectivity index (χ3n) is 3.02. The van der Waals surface area contributed by atoms with Gasteiger partial charge in [-0.25, -0.2) is 4.79 Å². The SMILES string of the molecule is CC(O)C1CCN(c2ccc(C(=O)O)o2)C1. The van der Waals surface area contributed by atoms with Crippen molar-refractivity contribution < 1.29 is 19.4 Å². The van der Waals surface area contributed by atoms with Crippen LogP contribution in [0, 0.1) is 5.92 Å². The number of carboxylic acids is 1. The zero-order chi connectivity index (χ0) is 11.7. The van der Waals surface area contributed by atoms with Crippen LogP contribution < -0.4 is 4.90 Å². The Kier molecular flexibility index (Phi) is 2.87. The summed E-state index contributed by atoms with van der Waals surface area (Å²) >= 11 is 0. The van der Waals surface area contributed by atoms with E-state index >= 15 is 0 Å². The fraction of sp³-hybridized carbons (Fsp3) is 0.545. The van der Waals surface area contributed by atoms with Gasteiger partial charge in [0.2, 0.25) is 5.76 Å². The highest BCUT2D eigenvalue weighted by Gasteiger charge is 2.28. The highest BCUT2D eigenvalue weighted by Crippen LogP contribution is 2.27. The first kappa shape index (κ1) is 11.0. The van der Waals surface area contributed by atoms with Crippen molar-refractivity contribution in [2.24, 2.45) is 5.92 Å². The average molecular weight is 225 g/mol. The van der Waals surface area contributed by atoms with E-state index in [1.807, 2.05) is 4.90 Å². The van der Waals surface area contributed by atoms with Crippen molar-refractivity contribution in [2.45, 2.75) is 19.4 Å². The van der Waals surface area contributed by atoms with Gasteiger partial charge in [-0.3, -0.25) is 0 Å². The Hall–Kier alpha value is -1.49. The molecule has 1 aromatic rings. The third kappa shape index (κ3) is 2.04. The van der Waals surface area contributed by atoms with Crippen molar-refractivity contribution >= 4 is 11.9 Å². The predicted molar refractivity (Wildman–Crippen MR) is 57.7 cm³/mol. The predicted octanol–water partition coefficient (Wildman–Crippen LogP) is 1.18. The molecule has 0 amide bonds. The van der Waals surface area contributed by atoms with Crippen LogP contribution in [0.25, 0.3) is 0 Å². The van der Waals surface area contributed by atoms with Crippen LogP contribution in [0.15, 0.2) is 16.5 Å². The topological polar surface area (TPSA) is 73.9 Å². The Morgan fingerprint density at radius 3 is 2.88 bits per heavy atom. The van der Waals surface area contributed by atoms with E-state index in [1.165, 1.54) is 6.07 Å². The minimum absolute atomic E-state index is 0.0458. The maximum Gasteiger partial charge on any atom is 0.371 e. The molecule has 0 bridgehead atoms. The maximum atomic E-state index is 10.6. The largest absolute Gasteiger partial charge is 0.475 e. The highest BCUT2D eigenvalue weighted by atomic mass is 16.4. The van der Waals surface area contributed by atoms with Gasteiger partial charge in [0.15, 0.2) is 5.88 Å². The highest BCUT2D eigenvalue weighted by molar-refractivity contribution is 5.84. The third-order valence-corrected chi connectivity index (χ3v) is 3.02. The van der Waals surface area contributed by atoms with Crippen LogP contribution >= 0.6 is 0 Å². The van der Waals surface area contributed by atoms with Crippen molar-refractivity contribution in [1.29, 1.82) is 0 Å². The van der Waals surface area contributed by atoms with E-state index in [0.717, 1.165) is 13.0 Å². The molecule has 1 aliphatic rings. The molecular formula is C11H15NO4. The second-order valence-electron chi connectivity index (χ2n) is 4.18. The van der Waals surface area contributed by atoms with Gasteiger partial charge < -0.3 is 19.5 Å². The number of furan rings is 1. The summed E-state index contributed by atoms with van der Waals surface area (Å²) in [4.78, 5) is 12.6. The quantitative estimate of drug-likeness (QED) is 0.808. The summed E-state index contributed by atoms with van der Waals surface area (Å²) in [7, 11) is 0. The molecule has 5 heteroatoms. The number of aliphatic hydroxyl groups is 1. The fourth-order valence-corrected chi connectivity index (χ4v) is 1.99. The molecule has 2 unspecified atom stereocenters. The number of carbonyl (C=O) groups is 1. The Morgan fingerprint density at radius 1 is 1.62 bits per heavy atom. The van der Waals surface area contributed by atoms with Gasteiger partial charge in [0, 0.05) is 25.1 Å². The standard InChI is InChI=1S/C11H15NO4/c1-7(13)8-4-5-12(6-8)10-3-2-9(16-10)11(14)15/h2-3,7-8,13H,4-6H2,1H3,(H,14,15). The van der Waals surface area contributed by atoms with Crippen molar-refractivity contribution in [1.82, 2.24) is 0 Å². The molecule has 2 atom stereocenters. The number of aliphatic hydroxyl groups excluding tert-OH is 1. The van der Waals surface area contributed by atoms with Crippen molar-refractivity contribution in [2.75, 3.05) is 18.0 Å². The summed E-state index contributed by atoms with van der Waals surface area (Å²) in [5, 5.41) is 18.2. The van der Waals surface area contributed by atoms with E-state index in [4.69, 9.17) is 9.52 Å². The van der Waals surface area contributed by atoms with Crippen molar-refractivity contribution in [3.8, 4) is 0 Å². The van der Waals surface area contributed by atoms with Gasteiger partial charge in [0.05, 0.1) is 6.10 Å². The Balaban J connectivity index is 2.06. The summed E-state index contributed by atoms with van der Waals surface area (Å²) in [6.45, 7) is 3.28. The van der Waals surface area contributed by atoms with Crippen LogP contribution in [0.4, 0.5) is 5.88 Å². The van der Waals surface area contributed by atoms with Gasteiger partial charge in [-0.05, 0) is 19.4 Å². The molecule has 16 heavy (non-hydrogen) atoms. The van der Waals surface area contributed by atoms with Crippen LogP contribution in [-0.2, 0) is 0 Å². The summed E-state index contributed by atoms with van der Waals surface area (Å²) in [6, 6.07) is 3.11. The molecule has 0 spiro atoms. The molecule has 2 rings (SSSR count). The minimum atomic E-state index is -1.06. The minimum Gasteiger partial charge on any atom is -0.475 e. The molecule has 88 valence electrons. The van der Waals surface area contributed by atoms with E-state index in [9.17, 15) is 9.90 Å². The lowest BCUT2D eigenvalue weighted by molar-refractivity contribution is 0.0663. The summed E-state index contributed by atoms with van der Waals surface area (Å²) in [5.41, 5.74) is 0. The van der Waals surface area contributed by atoms with Gasteiger partial charge in [0.25, 0.3) is 0 Å². The maximum absolute atomic E-state index is 10.6. The van der Waals surface area contributed by atoms with Gasteiger partial charge in [0.1, 0.15) is 0 Å². The summed E-state index contributed by atoms with van der Waals surface area (Å²) in [5.74, 6) is -0.299. The number of aromatic carboxylic acids is 1. The molecule has 1 saturated heterocycles. The van der Waals surface area contributed by atoms with E-state index < -0.39 is 5.97 Å². The monoisotopic (exact) mass is 225 g/mol. The van der Waals surface area contributed by atoms with Gasteiger partial charge in [-0.2, -0.15) is 0 Å². The second-order valence-corrected chi connectivity index (χ2v) is 4.18. The van der Waals surface area contributed by atoms with Gasteiger partial charge >= 0.3 is 5.97 Å². The van der Waals surface area contributed by atoms with Gasteiger partial charge in [-0.15, -0.1) is 0 Å². The molecule has 2 N–H and O–H groups in total. The molecule has 0 aliphatic carbocycles. The van der Waals surface area contributed by atoms with E-state index in [2.05, 4.69) is 0 Å². The molecule has 1 fully saturated rings. The van der Waals surface area contributed by atoms with E-state index in [0.29, 0.717) is 12.4 Å². The lowest BCUT2D eigenvalue weighted by Gasteiger charge is -2.16. The number of hydrogen-bond donors (Lipinski definition) is 2. The molecule has 5 nitrogen and oxygen atoms in total. The fourth-order valence-electron chi connectivity index (χ4n) is 1.99. The Morgan fingerprint density at radius 2 is 2.38 bits per heavy atom. The van der Waals surface area contributed by atoms with Crippen LogP contribution in [0.3, 0.4) is 0 Å². The number of hydrogen-bond acceptors (Lipinski definition) is 4. The van der Waals surface area contributed by atoms with Crippen LogP contribution in [0.5, 0.6) is 0 Å². The average Bonchev–Trinajstić information content (AvgIpc) is 2.86. The van der Waals surface area contributed by atoms with E-state index in [1.54, 1.807) is 13.0 Å². The second kappa shape index (κ2) is 4.17. The molecule has 2 heterocycles. The lowest BCUT2D eigenvalue weighted by Crippen LogP contribution is -2.23. The zero-order valence-corrected chi connectivity index (χ0v) is 9.09. The first-order valence-electron chi connectivity index (χ1n) is 5.34. The number of rotatable bonds is 3. The molecular weight excluding hydrogens is 210 g/mol. The lowest BCUT2D eigenvalue weighted by atomic mass is 10.0. The van der Waals surface area contributed by atoms with Crippen molar-refractivity contribution in [3.63, 3.8) is 0 Å². The first-order valence-corrected chi connectivity index (χ1v) is 5.34. The molecule has 0 radical (unpaired) electrons. The number of nitrogens with zero attached hydrogens (tertiary/aromatic N) is 1. The van der Waals surface area contributed by atoms with Crippen molar-refractivity contribution in [3.05, 3.63) is 17.9 Å². The Labute approximate surface area is 93.3 Å². The number of anilines is 1. The van der Waals surface area contributed by atoms with Crippen LogP contribution in [-0.4, -0.2) is 35.4 Å². The normalized spacial score (nSPS) is 22.4. The van der Waals surface area contributed by atoms with Gasteiger partial charge in [-0.1, -0.05) is 0 Å². The van der Waals surface area contributed by atoms with Crippen LogP contribution in [0.1, 0.15) is 23.9 Å². The number of carboxylic acid groups (broad SMARTS) is 1.